The average Bonchev–Trinajstić information content (AvgIpc) is 2.19. The van der Waals surface area contributed by atoms with Crippen molar-refractivity contribution in [1.29, 1.82) is 0 Å². The summed E-state index contributed by atoms with van der Waals surface area (Å²) in [4.78, 5) is 7.85. The molecule has 6 heteroatoms. The highest BCUT2D eigenvalue weighted by atomic mass is 19.1. The first-order chi connectivity index (χ1) is 6.69. The second-order valence-corrected chi connectivity index (χ2v) is 2.76. The van der Waals surface area contributed by atoms with Crippen molar-refractivity contribution in [2.24, 2.45) is 5.73 Å². The van der Waals surface area contributed by atoms with Crippen LogP contribution in [0.5, 0.6) is 0 Å². The van der Waals surface area contributed by atoms with Crippen molar-refractivity contribution < 1.29 is 4.39 Å². The molecule has 5 nitrogen and oxygen atoms in total. The zero-order chi connectivity index (χ0) is 10.6. The molecule has 0 aromatic carbocycles. The lowest BCUT2D eigenvalue weighted by atomic mass is 10.4. The lowest BCUT2D eigenvalue weighted by molar-refractivity contribution is 0.607. The van der Waals surface area contributed by atoms with E-state index < -0.39 is 5.82 Å². The maximum Gasteiger partial charge on any atom is 0.225 e. The Hall–Kier alpha value is -1.43. The molecule has 0 radical (unpaired) electrons. The highest BCUT2D eigenvalue weighted by Gasteiger charge is 2.09. The molecule has 0 saturated carbocycles. The van der Waals surface area contributed by atoms with Crippen LogP contribution in [0.1, 0.15) is 5.69 Å². The number of nitrogens with one attached hydrogen (secondary N) is 2. The Morgan fingerprint density at radius 1 is 1.43 bits per heavy atom. The van der Waals surface area contributed by atoms with Crippen molar-refractivity contribution in [3.05, 3.63) is 11.5 Å². The molecule has 0 aliphatic heterocycles. The van der Waals surface area contributed by atoms with Gasteiger partial charge in [0, 0.05) is 20.1 Å². The maximum atomic E-state index is 13.3. The van der Waals surface area contributed by atoms with Crippen molar-refractivity contribution in [1.82, 2.24) is 9.97 Å². The van der Waals surface area contributed by atoms with Crippen molar-refractivity contribution in [3.63, 3.8) is 0 Å². The third kappa shape index (κ3) is 2.29. The molecule has 0 bridgehead atoms. The molecule has 1 rings (SSSR count). The first-order valence-corrected chi connectivity index (χ1v) is 4.35. The van der Waals surface area contributed by atoms with Crippen LogP contribution < -0.4 is 16.4 Å². The summed E-state index contributed by atoms with van der Waals surface area (Å²) in [5, 5.41) is 5.54. The number of hydrogen-bond donors (Lipinski definition) is 3. The quantitative estimate of drug-likeness (QED) is 0.651. The standard InChI is InChI=1S/C8H14FN5/c1-5-6(9)7(11-2)14-8(13-5)12-4-3-10/h3-4,10H2,1-2H3,(H2,11,12,13,14). The van der Waals surface area contributed by atoms with Gasteiger partial charge in [-0.3, -0.25) is 0 Å². The van der Waals surface area contributed by atoms with Gasteiger partial charge in [-0.25, -0.2) is 9.37 Å². The third-order valence-electron chi connectivity index (χ3n) is 1.68. The molecule has 0 aliphatic carbocycles. The fourth-order valence-electron chi connectivity index (χ4n) is 0.988. The molecule has 0 fully saturated rings. The van der Waals surface area contributed by atoms with Crippen LogP contribution >= 0.6 is 0 Å². The van der Waals surface area contributed by atoms with Crippen molar-refractivity contribution >= 4 is 11.8 Å². The van der Waals surface area contributed by atoms with Gasteiger partial charge in [-0.1, -0.05) is 0 Å². The first kappa shape index (κ1) is 10.6. The molecule has 0 amide bonds. The summed E-state index contributed by atoms with van der Waals surface area (Å²) >= 11 is 0. The number of hydrogen-bond acceptors (Lipinski definition) is 5. The first-order valence-electron chi connectivity index (χ1n) is 4.35. The van der Waals surface area contributed by atoms with Crippen LogP contribution in [0.2, 0.25) is 0 Å². The number of halogens is 1. The minimum atomic E-state index is -0.425. The molecular weight excluding hydrogens is 185 g/mol. The van der Waals surface area contributed by atoms with Crippen LogP contribution in [0.3, 0.4) is 0 Å². The number of aromatic nitrogens is 2. The molecular formula is C8H14FN5. The second-order valence-electron chi connectivity index (χ2n) is 2.76. The largest absolute Gasteiger partial charge is 0.371 e. The average molecular weight is 199 g/mol. The van der Waals surface area contributed by atoms with Gasteiger partial charge in [0.2, 0.25) is 5.95 Å². The van der Waals surface area contributed by atoms with E-state index >= 15 is 0 Å². The molecule has 14 heavy (non-hydrogen) atoms. The minimum absolute atomic E-state index is 0.192. The van der Waals surface area contributed by atoms with Crippen LogP contribution in [-0.4, -0.2) is 30.1 Å². The molecule has 0 saturated heterocycles. The van der Waals surface area contributed by atoms with Gasteiger partial charge in [0.25, 0.3) is 0 Å². The van der Waals surface area contributed by atoms with Crippen LogP contribution in [-0.2, 0) is 0 Å². The lowest BCUT2D eigenvalue weighted by Gasteiger charge is -2.07. The van der Waals surface area contributed by atoms with E-state index in [9.17, 15) is 4.39 Å². The summed E-state index contributed by atoms with van der Waals surface area (Å²) in [6.07, 6.45) is 0. The predicted octanol–water partition coefficient (Wildman–Crippen LogP) is 0.336. The lowest BCUT2D eigenvalue weighted by Crippen LogP contribution is -2.16. The predicted molar refractivity (Wildman–Crippen MR) is 53.8 cm³/mol. The van der Waals surface area contributed by atoms with E-state index in [1.165, 1.54) is 0 Å². The topological polar surface area (TPSA) is 75.9 Å². The Labute approximate surface area is 81.9 Å². The summed E-state index contributed by atoms with van der Waals surface area (Å²) in [6.45, 7) is 2.63. The number of nitrogens with two attached hydrogens (primary N) is 1. The van der Waals surface area contributed by atoms with E-state index in [-0.39, 0.29) is 5.82 Å². The number of rotatable bonds is 4. The normalized spacial score (nSPS) is 10.0. The Morgan fingerprint density at radius 3 is 2.71 bits per heavy atom. The summed E-state index contributed by atoms with van der Waals surface area (Å²) in [5.74, 6) is 0.154. The molecule has 0 spiro atoms. The van der Waals surface area contributed by atoms with Gasteiger partial charge in [0.1, 0.15) is 0 Å². The van der Waals surface area contributed by atoms with Gasteiger partial charge in [0.05, 0.1) is 5.69 Å². The Balaban J connectivity index is 2.91. The van der Waals surface area contributed by atoms with Gasteiger partial charge >= 0.3 is 0 Å². The second kappa shape index (κ2) is 4.71. The summed E-state index contributed by atoms with van der Waals surface area (Å²) < 4.78 is 13.3. The highest BCUT2D eigenvalue weighted by Crippen LogP contribution is 2.14. The van der Waals surface area contributed by atoms with Gasteiger partial charge in [-0.15, -0.1) is 0 Å². The molecule has 1 aromatic rings. The molecule has 1 aromatic heterocycles. The minimum Gasteiger partial charge on any atom is -0.371 e. The molecule has 0 unspecified atom stereocenters. The van der Waals surface area contributed by atoms with E-state index in [4.69, 9.17) is 5.73 Å². The Bertz CT molecular complexity index is 315. The Morgan fingerprint density at radius 2 is 2.14 bits per heavy atom. The van der Waals surface area contributed by atoms with Crippen LogP contribution in [0.15, 0.2) is 0 Å². The number of nitrogens with zero attached hydrogens (tertiary/aromatic N) is 2. The molecule has 78 valence electrons. The number of anilines is 2. The smallest absolute Gasteiger partial charge is 0.225 e. The molecule has 0 atom stereocenters. The monoisotopic (exact) mass is 199 g/mol. The highest BCUT2D eigenvalue weighted by molar-refractivity contribution is 5.43. The van der Waals surface area contributed by atoms with E-state index in [1.54, 1.807) is 14.0 Å². The summed E-state index contributed by atoms with van der Waals surface area (Å²) in [6, 6.07) is 0. The van der Waals surface area contributed by atoms with Gasteiger partial charge in [-0.2, -0.15) is 4.98 Å². The van der Waals surface area contributed by atoms with Crippen LogP contribution in [0.25, 0.3) is 0 Å². The van der Waals surface area contributed by atoms with Gasteiger partial charge < -0.3 is 16.4 Å². The van der Waals surface area contributed by atoms with Crippen LogP contribution in [0, 0.1) is 12.7 Å². The zero-order valence-corrected chi connectivity index (χ0v) is 8.26. The van der Waals surface area contributed by atoms with Crippen molar-refractivity contribution in [2.75, 3.05) is 30.8 Å². The molecule has 1 heterocycles. The zero-order valence-electron chi connectivity index (χ0n) is 8.26. The number of aryl methyl sites for hydroxylation is 1. The van der Waals surface area contributed by atoms with Gasteiger partial charge in [0.15, 0.2) is 11.6 Å². The van der Waals surface area contributed by atoms with Gasteiger partial charge in [-0.05, 0) is 6.92 Å². The SMILES string of the molecule is CNc1nc(NCCN)nc(C)c1F. The van der Waals surface area contributed by atoms with E-state index in [1.807, 2.05) is 0 Å². The third-order valence-corrected chi connectivity index (χ3v) is 1.68. The van der Waals surface area contributed by atoms with Crippen molar-refractivity contribution in [3.8, 4) is 0 Å². The van der Waals surface area contributed by atoms with Crippen molar-refractivity contribution in [2.45, 2.75) is 6.92 Å². The van der Waals surface area contributed by atoms with E-state index in [0.717, 1.165) is 0 Å². The maximum absolute atomic E-state index is 13.3. The van der Waals surface area contributed by atoms with E-state index in [0.29, 0.717) is 24.7 Å². The fourth-order valence-corrected chi connectivity index (χ4v) is 0.988. The fraction of sp³-hybridized carbons (Fsp3) is 0.500. The van der Waals surface area contributed by atoms with E-state index in [2.05, 4.69) is 20.6 Å². The summed E-state index contributed by atoms with van der Waals surface area (Å²) in [5.41, 5.74) is 5.62. The summed E-state index contributed by atoms with van der Waals surface area (Å²) in [7, 11) is 1.61. The Kier molecular flexibility index (Phi) is 3.58. The molecule has 0 aliphatic rings. The van der Waals surface area contributed by atoms with Crippen LogP contribution in [0.4, 0.5) is 16.2 Å². The molecule has 4 N–H and O–H groups in total.